The van der Waals surface area contributed by atoms with Gasteiger partial charge in [-0.15, -0.1) is 0 Å². The fraction of sp³-hybridized carbons (Fsp3) is 0.240. The molecule has 3 aromatic carbocycles. The molecule has 1 aliphatic rings. The van der Waals surface area contributed by atoms with E-state index in [1.165, 1.54) is 37.4 Å². The molecule has 0 bridgehead atoms. The first-order valence-corrected chi connectivity index (χ1v) is 10.4. The third-order valence-corrected chi connectivity index (χ3v) is 5.77. The van der Waals surface area contributed by atoms with Crippen LogP contribution in [0.25, 0.3) is 0 Å². The Hall–Kier alpha value is -3.45. The number of hydrogen-bond acceptors (Lipinski definition) is 4. The largest absolute Gasteiger partial charge is 0.507 e. The molecule has 1 fully saturated rings. The summed E-state index contributed by atoms with van der Waals surface area (Å²) in [5.41, 5.74) is 2.02. The van der Waals surface area contributed by atoms with Crippen LogP contribution in [0, 0.1) is 11.6 Å². The highest BCUT2D eigenvalue weighted by Gasteiger charge is 2.29. The average Bonchev–Trinajstić information content (AvgIpc) is 2.81. The number of rotatable bonds is 5. The maximum atomic E-state index is 13.5. The summed E-state index contributed by atoms with van der Waals surface area (Å²) in [6, 6.07) is 17.0. The number of hydrogen-bond donors (Lipinski definition) is 1. The molecule has 1 heterocycles. The molecule has 1 amide bonds. The van der Waals surface area contributed by atoms with Crippen molar-refractivity contribution in [3.05, 3.63) is 95.1 Å². The minimum atomic E-state index is -0.318. The fourth-order valence-corrected chi connectivity index (χ4v) is 4.08. The summed E-state index contributed by atoms with van der Waals surface area (Å²) in [6.45, 7) is 2.07. The standard InChI is InChI=1S/C25H24F2N2O3/c1-32-21-10-11-22(23(30)16-21)25(31)29-14-12-28(13-15-29)24(17-2-6-19(26)7-3-17)18-4-8-20(27)9-5-18/h2-11,16,24,30H,12-15H2,1H3. The minimum Gasteiger partial charge on any atom is -0.507 e. The van der Waals surface area contributed by atoms with Crippen molar-refractivity contribution in [3.8, 4) is 11.5 Å². The lowest BCUT2D eigenvalue weighted by Crippen LogP contribution is -2.49. The number of piperazine rings is 1. The molecule has 1 N–H and O–H groups in total. The molecule has 1 aliphatic heterocycles. The zero-order valence-corrected chi connectivity index (χ0v) is 17.7. The molecule has 7 heteroatoms. The van der Waals surface area contributed by atoms with Gasteiger partial charge >= 0.3 is 0 Å². The van der Waals surface area contributed by atoms with Crippen LogP contribution in [0.2, 0.25) is 0 Å². The molecule has 0 spiro atoms. The van der Waals surface area contributed by atoms with Crippen molar-refractivity contribution in [2.75, 3.05) is 33.3 Å². The van der Waals surface area contributed by atoms with Crippen LogP contribution in [-0.4, -0.2) is 54.1 Å². The molecule has 0 unspecified atom stereocenters. The number of benzene rings is 3. The zero-order valence-electron chi connectivity index (χ0n) is 17.7. The first-order valence-electron chi connectivity index (χ1n) is 10.4. The Morgan fingerprint density at radius 3 is 1.88 bits per heavy atom. The number of halogens is 2. The Morgan fingerprint density at radius 1 is 0.875 bits per heavy atom. The number of nitrogens with zero attached hydrogens (tertiary/aromatic N) is 2. The number of ether oxygens (including phenoxy) is 1. The maximum absolute atomic E-state index is 13.5. The van der Waals surface area contributed by atoms with Gasteiger partial charge in [-0.1, -0.05) is 24.3 Å². The van der Waals surface area contributed by atoms with Crippen molar-refractivity contribution in [3.63, 3.8) is 0 Å². The molecule has 32 heavy (non-hydrogen) atoms. The molecule has 0 radical (unpaired) electrons. The summed E-state index contributed by atoms with van der Waals surface area (Å²) in [5.74, 6) is -0.523. The third kappa shape index (κ3) is 4.57. The van der Waals surface area contributed by atoms with Gasteiger partial charge < -0.3 is 14.7 Å². The second kappa shape index (κ2) is 9.36. The van der Waals surface area contributed by atoms with E-state index >= 15 is 0 Å². The summed E-state index contributed by atoms with van der Waals surface area (Å²) in [7, 11) is 1.49. The SMILES string of the molecule is COc1ccc(C(=O)N2CCN(C(c3ccc(F)cc3)c3ccc(F)cc3)CC2)c(O)c1. The van der Waals surface area contributed by atoms with Gasteiger partial charge in [0.1, 0.15) is 23.1 Å². The number of carbonyl (C=O) groups is 1. The fourth-order valence-electron chi connectivity index (χ4n) is 4.08. The summed E-state index contributed by atoms with van der Waals surface area (Å²) in [6.07, 6.45) is 0. The van der Waals surface area contributed by atoms with Crippen LogP contribution in [0.15, 0.2) is 66.7 Å². The van der Waals surface area contributed by atoms with Gasteiger partial charge in [0.05, 0.1) is 18.7 Å². The maximum Gasteiger partial charge on any atom is 0.257 e. The molecule has 0 aromatic heterocycles. The number of phenols is 1. The van der Waals surface area contributed by atoms with Gasteiger partial charge in [0.2, 0.25) is 0 Å². The van der Waals surface area contributed by atoms with E-state index < -0.39 is 0 Å². The van der Waals surface area contributed by atoms with E-state index in [9.17, 15) is 18.7 Å². The predicted octanol–water partition coefficient (Wildman–Crippen LogP) is 4.23. The van der Waals surface area contributed by atoms with E-state index in [2.05, 4.69) is 4.90 Å². The van der Waals surface area contributed by atoms with Crippen LogP contribution in [0.4, 0.5) is 8.78 Å². The predicted molar refractivity (Wildman–Crippen MR) is 117 cm³/mol. The van der Waals surface area contributed by atoms with Crippen molar-refractivity contribution >= 4 is 5.91 Å². The summed E-state index contributed by atoms with van der Waals surface area (Å²) in [5, 5.41) is 10.2. The van der Waals surface area contributed by atoms with Gasteiger partial charge in [-0.3, -0.25) is 9.69 Å². The number of carbonyl (C=O) groups excluding carboxylic acids is 1. The van der Waals surface area contributed by atoms with Crippen molar-refractivity contribution in [2.24, 2.45) is 0 Å². The lowest BCUT2D eigenvalue weighted by Gasteiger charge is -2.40. The number of methoxy groups -OCH3 is 1. The van der Waals surface area contributed by atoms with Gasteiger partial charge in [0, 0.05) is 32.2 Å². The van der Waals surface area contributed by atoms with Crippen molar-refractivity contribution in [1.82, 2.24) is 9.80 Å². The number of phenolic OH excluding ortho intramolecular Hbond substituents is 1. The van der Waals surface area contributed by atoms with Crippen LogP contribution < -0.4 is 4.74 Å². The highest BCUT2D eigenvalue weighted by molar-refractivity contribution is 5.97. The summed E-state index contributed by atoms with van der Waals surface area (Å²) in [4.78, 5) is 16.8. The third-order valence-electron chi connectivity index (χ3n) is 5.77. The first-order chi connectivity index (χ1) is 15.5. The Balaban J connectivity index is 1.53. The minimum absolute atomic E-state index is 0.118. The Morgan fingerprint density at radius 2 is 1.41 bits per heavy atom. The second-order valence-corrected chi connectivity index (χ2v) is 7.72. The molecule has 4 rings (SSSR count). The van der Waals surface area contributed by atoms with E-state index in [0.717, 1.165) is 11.1 Å². The zero-order chi connectivity index (χ0) is 22.7. The average molecular weight is 438 g/mol. The molecule has 5 nitrogen and oxygen atoms in total. The molecule has 0 atom stereocenters. The molecular formula is C25H24F2N2O3. The topological polar surface area (TPSA) is 53.0 Å². The molecule has 0 saturated carbocycles. The monoisotopic (exact) mass is 438 g/mol. The normalized spacial score (nSPS) is 14.6. The smallest absolute Gasteiger partial charge is 0.257 e. The van der Waals surface area contributed by atoms with E-state index in [0.29, 0.717) is 31.9 Å². The molecule has 0 aliphatic carbocycles. The highest BCUT2D eigenvalue weighted by Crippen LogP contribution is 2.31. The van der Waals surface area contributed by atoms with Crippen LogP contribution in [0.3, 0.4) is 0 Å². The van der Waals surface area contributed by atoms with Crippen LogP contribution in [0.5, 0.6) is 11.5 Å². The number of aromatic hydroxyl groups is 1. The van der Waals surface area contributed by atoms with Gasteiger partial charge in [0.15, 0.2) is 0 Å². The van der Waals surface area contributed by atoms with E-state index in [1.54, 1.807) is 41.3 Å². The lowest BCUT2D eigenvalue weighted by molar-refractivity contribution is 0.0594. The van der Waals surface area contributed by atoms with Crippen LogP contribution in [-0.2, 0) is 0 Å². The van der Waals surface area contributed by atoms with Gasteiger partial charge in [0.25, 0.3) is 5.91 Å². The van der Waals surface area contributed by atoms with Crippen molar-refractivity contribution in [2.45, 2.75) is 6.04 Å². The Labute approximate surface area is 185 Å². The van der Waals surface area contributed by atoms with Crippen LogP contribution in [0.1, 0.15) is 27.5 Å². The Kier molecular flexibility index (Phi) is 6.37. The van der Waals surface area contributed by atoms with Crippen molar-refractivity contribution < 1.29 is 23.4 Å². The van der Waals surface area contributed by atoms with Crippen LogP contribution >= 0.6 is 0 Å². The van der Waals surface area contributed by atoms with E-state index in [1.807, 2.05) is 0 Å². The first kappa shape index (κ1) is 21.8. The van der Waals surface area contributed by atoms with Crippen molar-refractivity contribution in [1.29, 1.82) is 0 Å². The molecule has 3 aromatic rings. The molecule has 166 valence electrons. The molecular weight excluding hydrogens is 414 g/mol. The van der Waals surface area contributed by atoms with E-state index in [4.69, 9.17) is 4.74 Å². The van der Waals surface area contributed by atoms with Gasteiger partial charge in [-0.05, 0) is 47.5 Å². The summed E-state index contributed by atoms with van der Waals surface area (Å²) >= 11 is 0. The molecule has 1 saturated heterocycles. The Bertz CT molecular complexity index is 1030. The van der Waals surface area contributed by atoms with Gasteiger partial charge in [-0.25, -0.2) is 8.78 Å². The lowest BCUT2D eigenvalue weighted by atomic mass is 9.96. The van der Waals surface area contributed by atoms with Gasteiger partial charge in [-0.2, -0.15) is 0 Å². The summed E-state index contributed by atoms with van der Waals surface area (Å²) < 4.78 is 32.1. The quantitative estimate of drug-likeness (QED) is 0.648. The second-order valence-electron chi connectivity index (χ2n) is 7.72. The number of amides is 1. The highest BCUT2D eigenvalue weighted by atomic mass is 19.1. The van der Waals surface area contributed by atoms with E-state index in [-0.39, 0.29) is 34.9 Å².